The zero-order valence-corrected chi connectivity index (χ0v) is 14.1. The largest absolute Gasteiger partial charge is 0.482 e. The molecule has 0 atom stereocenters. The number of para-hydroxylation sites is 1. The number of hydrogen-bond acceptors (Lipinski definition) is 5. The molecule has 0 aliphatic heterocycles. The summed E-state index contributed by atoms with van der Waals surface area (Å²) in [6.45, 7) is -0.161. The van der Waals surface area contributed by atoms with E-state index in [1.807, 2.05) is 11.4 Å². The smallest absolute Gasteiger partial charge is 0.262 e. The van der Waals surface area contributed by atoms with Crippen LogP contribution in [0.5, 0.6) is 5.75 Å². The maximum atomic E-state index is 12.0. The van der Waals surface area contributed by atoms with Gasteiger partial charge < -0.3 is 15.8 Å². The Kier molecular flexibility index (Phi) is 4.98. The van der Waals surface area contributed by atoms with E-state index in [1.54, 1.807) is 41.9 Å². The highest BCUT2D eigenvalue weighted by Crippen LogP contribution is 2.28. The fraction of sp³-hybridized carbons (Fsp3) is 0.0588. The number of amides is 1. The number of rotatable bonds is 5. The van der Waals surface area contributed by atoms with Crippen LogP contribution in [-0.4, -0.2) is 17.5 Å². The quantitative estimate of drug-likeness (QED) is 0.673. The summed E-state index contributed by atoms with van der Waals surface area (Å²) in [7, 11) is 0. The molecular formula is C17H14ClN3O2S. The molecule has 3 N–H and O–H groups in total. The van der Waals surface area contributed by atoms with Gasteiger partial charge in [0.15, 0.2) is 6.61 Å². The molecule has 3 rings (SSSR count). The van der Waals surface area contributed by atoms with Gasteiger partial charge in [-0.3, -0.25) is 4.79 Å². The third-order valence-corrected chi connectivity index (χ3v) is 4.16. The zero-order chi connectivity index (χ0) is 16.9. The monoisotopic (exact) mass is 359 g/mol. The van der Waals surface area contributed by atoms with Crippen LogP contribution >= 0.6 is 22.9 Å². The first-order valence-electron chi connectivity index (χ1n) is 7.09. The number of aromatic nitrogens is 1. The van der Waals surface area contributed by atoms with Gasteiger partial charge in [0.1, 0.15) is 5.75 Å². The predicted molar refractivity (Wildman–Crippen MR) is 97.5 cm³/mol. The number of hydrogen-bond donors (Lipinski definition) is 2. The number of anilines is 2. The number of ether oxygens (including phenoxy) is 1. The molecule has 122 valence electrons. The van der Waals surface area contributed by atoms with Gasteiger partial charge >= 0.3 is 0 Å². The van der Waals surface area contributed by atoms with Crippen molar-refractivity contribution in [2.24, 2.45) is 0 Å². The molecule has 0 saturated heterocycles. The number of nitrogens with zero attached hydrogens (tertiary/aromatic N) is 1. The summed E-state index contributed by atoms with van der Waals surface area (Å²) in [5.41, 5.74) is 10.5. The molecule has 3 aromatic rings. The van der Waals surface area contributed by atoms with E-state index in [1.165, 1.54) is 11.3 Å². The van der Waals surface area contributed by atoms with Crippen molar-refractivity contribution in [2.45, 2.75) is 0 Å². The molecule has 2 aromatic carbocycles. The Bertz CT molecular complexity index is 853. The number of halogens is 1. The zero-order valence-electron chi connectivity index (χ0n) is 12.5. The lowest BCUT2D eigenvalue weighted by atomic mass is 10.1. The van der Waals surface area contributed by atoms with Crippen LogP contribution in [0.25, 0.3) is 11.3 Å². The van der Waals surface area contributed by atoms with E-state index < -0.39 is 0 Å². The molecule has 7 heteroatoms. The van der Waals surface area contributed by atoms with Crippen LogP contribution in [0, 0.1) is 0 Å². The van der Waals surface area contributed by atoms with E-state index in [0.717, 1.165) is 11.3 Å². The first-order chi connectivity index (χ1) is 11.6. The first kappa shape index (κ1) is 16.3. The second-order valence-corrected chi connectivity index (χ2v) is 6.07. The summed E-state index contributed by atoms with van der Waals surface area (Å²) in [5, 5.41) is 5.10. The SMILES string of the molecule is Nc1cc(-c2cscn2)ccc1OCC(=O)Nc1ccccc1Cl. The molecular weight excluding hydrogens is 346 g/mol. The van der Waals surface area contributed by atoms with Gasteiger partial charge in [-0.1, -0.05) is 23.7 Å². The van der Waals surface area contributed by atoms with E-state index >= 15 is 0 Å². The molecule has 0 unspecified atom stereocenters. The summed E-state index contributed by atoms with van der Waals surface area (Å²) in [5.74, 6) is 0.134. The number of carbonyl (C=O) groups is 1. The molecule has 0 fully saturated rings. The van der Waals surface area contributed by atoms with Crippen molar-refractivity contribution in [3.63, 3.8) is 0 Å². The molecule has 0 bridgehead atoms. The average Bonchev–Trinajstić information content (AvgIpc) is 3.10. The van der Waals surface area contributed by atoms with Crippen molar-refractivity contribution >= 4 is 40.2 Å². The number of nitrogens with one attached hydrogen (secondary N) is 1. The van der Waals surface area contributed by atoms with Crippen LogP contribution in [0.15, 0.2) is 53.4 Å². The lowest BCUT2D eigenvalue weighted by Gasteiger charge is -2.11. The molecule has 0 saturated carbocycles. The minimum Gasteiger partial charge on any atom is -0.482 e. The average molecular weight is 360 g/mol. The Morgan fingerprint density at radius 2 is 2.12 bits per heavy atom. The van der Waals surface area contributed by atoms with Crippen LogP contribution in [-0.2, 0) is 4.79 Å². The van der Waals surface area contributed by atoms with Gasteiger partial charge in [0.25, 0.3) is 5.91 Å². The Balaban J connectivity index is 1.62. The minimum absolute atomic E-state index is 0.161. The van der Waals surface area contributed by atoms with Gasteiger partial charge in [0, 0.05) is 10.9 Å². The maximum Gasteiger partial charge on any atom is 0.262 e. The van der Waals surface area contributed by atoms with Crippen molar-refractivity contribution in [3.8, 4) is 17.0 Å². The highest BCUT2D eigenvalue weighted by atomic mass is 35.5. The molecule has 0 aliphatic rings. The number of thiazole rings is 1. The molecule has 0 spiro atoms. The highest BCUT2D eigenvalue weighted by Gasteiger charge is 2.09. The number of nitrogen functional groups attached to an aromatic ring is 1. The molecule has 0 aliphatic carbocycles. The molecule has 24 heavy (non-hydrogen) atoms. The molecule has 5 nitrogen and oxygen atoms in total. The van der Waals surface area contributed by atoms with Gasteiger partial charge in [0.2, 0.25) is 0 Å². The van der Waals surface area contributed by atoms with Gasteiger partial charge in [0.05, 0.1) is 27.6 Å². The first-order valence-corrected chi connectivity index (χ1v) is 8.41. The second-order valence-electron chi connectivity index (χ2n) is 4.94. The minimum atomic E-state index is -0.314. The van der Waals surface area contributed by atoms with Gasteiger partial charge in [-0.2, -0.15) is 0 Å². The predicted octanol–water partition coefficient (Wildman–Crippen LogP) is 4.06. The van der Waals surface area contributed by atoms with Gasteiger partial charge in [-0.15, -0.1) is 11.3 Å². The fourth-order valence-electron chi connectivity index (χ4n) is 2.09. The number of benzene rings is 2. The van der Waals surface area contributed by atoms with E-state index in [0.29, 0.717) is 22.1 Å². The number of carbonyl (C=O) groups excluding carboxylic acids is 1. The summed E-state index contributed by atoms with van der Waals surface area (Å²) >= 11 is 7.51. The summed E-state index contributed by atoms with van der Waals surface area (Å²) < 4.78 is 5.49. The normalized spacial score (nSPS) is 10.4. The second kappa shape index (κ2) is 7.33. The third kappa shape index (κ3) is 3.84. The summed E-state index contributed by atoms with van der Waals surface area (Å²) in [6.07, 6.45) is 0. The molecule has 1 heterocycles. The van der Waals surface area contributed by atoms with Crippen molar-refractivity contribution in [1.82, 2.24) is 4.98 Å². The van der Waals surface area contributed by atoms with Crippen molar-refractivity contribution in [1.29, 1.82) is 0 Å². The van der Waals surface area contributed by atoms with Crippen molar-refractivity contribution in [2.75, 3.05) is 17.7 Å². The van der Waals surface area contributed by atoms with Crippen LogP contribution in [0.3, 0.4) is 0 Å². The van der Waals surface area contributed by atoms with Gasteiger partial charge in [-0.05, 0) is 30.3 Å². The van der Waals surface area contributed by atoms with E-state index in [4.69, 9.17) is 22.1 Å². The summed E-state index contributed by atoms with van der Waals surface area (Å²) in [6, 6.07) is 12.4. The molecule has 0 radical (unpaired) electrons. The lowest BCUT2D eigenvalue weighted by Crippen LogP contribution is -2.20. The van der Waals surface area contributed by atoms with Gasteiger partial charge in [-0.25, -0.2) is 4.98 Å². The van der Waals surface area contributed by atoms with Crippen LogP contribution < -0.4 is 15.8 Å². The maximum absolute atomic E-state index is 12.0. The van der Waals surface area contributed by atoms with E-state index in [2.05, 4.69) is 10.3 Å². The Morgan fingerprint density at radius 3 is 2.83 bits per heavy atom. The van der Waals surface area contributed by atoms with E-state index in [-0.39, 0.29) is 12.5 Å². The topological polar surface area (TPSA) is 77.2 Å². The standard InChI is InChI=1S/C17H14ClN3O2S/c18-12-3-1-2-4-14(12)21-17(22)8-23-16-6-5-11(7-13(16)19)15-9-24-10-20-15/h1-7,9-10H,8,19H2,(H,21,22). The number of nitrogens with two attached hydrogens (primary N) is 1. The summed E-state index contributed by atoms with van der Waals surface area (Å²) in [4.78, 5) is 16.2. The van der Waals surface area contributed by atoms with E-state index in [9.17, 15) is 4.79 Å². The Morgan fingerprint density at radius 1 is 1.29 bits per heavy atom. The van der Waals surface area contributed by atoms with Crippen LogP contribution in [0.1, 0.15) is 0 Å². The fourth-order valence-corrected chi connectivity index (χ4v) is 2.83. The third-order valence-electron chi connectivity index (χ3n) is 3.24. The van der Waals surface area contributed by atoms with Crippen LogP contribution in [0.4, 0.5) is 11.4 Å². The highest BCUT2D eigenvalue weighted by molar-refractivity contribution is 7.07. The van der Waals surface area contributed by atoms with Crippen LogP contribution in [0.2, 0.25) is 5.02 Å². The van der Waals surface area contributed by atoms with Crippen molar-refractivity contribution < 1.29 is 9.53 Å². The lowest BCUT2D eigenvalue weighted by molar-refractivity contribution is -0.118. The Labute approximate surface area is 148 Å². The Hall–Kier alpha value is -2.57. The molecule has 1 amide bonds. The molecule has 1 aromatic heterocycles. The van der Waals surface area contributed by atoms with Crippen molar-refractivity contribution in [3.05, 3.63) is 58.4 Å².